The summed E-state index contributed by atoms with van der Waals surface area (Å²) in [6, 6.07) is 10.1. The van der Waals surface area contributed by atoms with Crippen LogP contribution in [0, 0.1) is 9.39 Å². The standard InChI is InChI=1S/C14H9ClFIN2O2/c15-8-4-3-5-9(16)12(8)13(20)19-14(21)18-11-7-2-1-6-10(11)17/h1-7H,(H2,18,19,20,21). The first-order valence-corrected chi connectivity index (χ1v) is 7.25. The Morgan fingerprint density at radius 1 is 1.10 bits per heavy atom. The van der Waals surface area contributed by atoms with Crippen LogP contribution in [-0.2, 0) is 0 Å². The van der Waals surface area contributed by atoms with Gasteiger partial charge in [0.05, 0.1) is 16.3 Å². The number of nitrogens with one attached hydrogen (secondary N) is 2. The maximum Gasteiger partial charge on any atom is 0.326 e. The predicted molar refractivity (Wildman–Crippen MR) is 87.1 cm³/mol. The summed E-state index contributed by atoms with van der Waals surface area (Å²) in [7, 11) is 0. The van der Waals surface area contributed by atoms with Gasteiger partial charge in [-0.2, -0.15) is 0 Å². The van der Waals surface area contributed by atoms with Gasteiger partial charge in [0.2, 0.25) is 0 Å². The Bertz CT molecular complexity index is 689. The molecule has 0 aliphatic heterocycles. The molecule has 4 nitrogen and oxygen atoms in total. The molecular weight excluding hydrogens is 410 g/mol. The number of carbonyl (C=O) groups excluding carboxylic acids is 2. The molecule has 0 unspecified atom stereocenters. The normalized spacial score (nSPS) is 10.0. The smallest absolute Gasteiger partial charge is 0.307 e. The molecule has 0 radical (unpaired) electrons. The summed E-state index contributed by atoms with van der Waals surface area (Å²) in [6.45, 7) is 0. The minimum absolute atomic E-state index is 0.0606. The van der Waals surface area contributed by atoms with Gasteiger partial charge < -0.3 is 5.32 Å². The fourth-order valence-electron chi connectivity index (χ4n) is 1.60. The van der Waals surface area contributed by atoms with E-state index in [-0.39, 0.29) is 10.6 Å². The van der Waals surface area contributed by atoms with Crippen molar-refractivity contribution < 1.29 is 14.0 Å². The molecule has 2 aromatic rings. The van der Waals surface area contributed by atoms with Crippen LogP contribution < -0.4 is 10.6 Å². The van der Waals surface area contributed by atoms with E-state index < -0.39 is 17.8 Å². The Balaban J connectivity index is 2.10. The summed E-state index contributed by atoms with van der Waals surface area (Å²) >= 11 is 7.80. The van der Waals surface area contributed by atoms with Gasteiger partial charge in [0.1, 0.15) is 5.82 Å². The summed E-state index contributed by atoms with van der Waals surface area (Å²) in [4.78, 5) is 23.6. The molecule has 7 heteroatoms. The van der Waals surface area contributed by atoms with Crippen LogP contribution in [0.15, 0.2) is 42.5 Å². The molecule has 0 aromatic heterocycles. The zero-order chi connectivity index (χ0) is 15.4. The predicted octanol–water partition coefficient (Wildman–Crippen LogP) is 4.05. The van der Waals surface area contributed by atoms with Crippen molar-refractivity contribution in [3.63, 3.8) is 0 Å². The third-order valence-electron chi connectivity index (χ3n) is 2.54. The highest BCUT2D eigenvalue weighted by Crippen LogP contribution is 2.19. The second kappa shape index (κ2) is 6.86. The molecule has 21 heavy (non-hydrogen) atoms. The van der Waals surface area contributed by atoms with Crippen molar-refractivity contribution in [2.75, 3.05) is 5.32 Å². The SMILES string of the molecule is O=C(NC(=O)c1c(F)cccc1Cl)Nc1ccccc1I. The molecule has 0 spiro atoms. The van der Waals surface area contributed by atoms with Crippen molar-refractivity contribution in [1.29, 1.82) is 0 Å². The maximum atomic E-state index is 13.6. The van der Waals surface area contributed by atoms with Crippen molar-refractivity contribution in [2.24, 2.45) is 0 Å². The van der Waals surface area contributed by atoms with Gasteiger partial charge in [-0.15, -0.1) is 0 Å². The molecule has 3 amide bonds. The van der Waals surface area contributed by atoms with Gasteiger partial charge in [0, 0.05) is 3.57 Å². The van der Waals surface area contributed by atoms with Crippen LogP contribution in [-0.4, -0.2) is 11.9 Å². The molecule has 0 atom stereocenters. The number of imide groups is 1. The zero-order valence-corrected chi connectivity index (χ0v) is 13.4. The number of carbonyl (C=O) groups is 2. The molecule has 2 N–H and O–H groups in total. The lowest BCUT2D eigenvalue weighted by atomic mass is 10.2. The van der Waals surface area contributed by atoms with E-state index in [0.29, 0.717) is 5.69 Å². The van der Waals surface area contributed by atoms with Crippen molar-refractivity contribution in [2.45, 2.75) is 0 Å². The number of hydrogen-bond acceptors (Lipinski definition) is 2. The number of para-hydroxylation sites is 1. The average molecular weight is 419 g/mol. The van der Waals surface area contributed by atoms with E-state index in [2.05, 4.69) is 5.32 Å². The molecule has 0 saturated heterocycles. The monoisotopic (exact) mass is 418 g/mol. The topological polar surface area (TPSA) is 58.2 Å². The van der Waals surface area contributed by atoms with E-state index in [9.17, 15) is 14.0 Å². The summed E-state index contributed by atoms with van der Waals surface area (Å²) in [6.07, 6.45) is 0. The van der Waals surface area contributed by atoms with Gasteiger partial charge in [0.15, 0.2) is 0 Å². The molecule has 0 bridgehead atoms. The van der Waals surface area contributed by atoms with Crippen molar-refractivity contribution in [3.05, 3.63) is 62.4 Å². The van der Waals surface area contributed by atoms with Gasteiger partial charge >= 0.3 is 6.03 Å². The molecule has 0 aliphatic carbocycles. The summed E-state index contributed by atoms with van der Waals surface area (Å²) in [5, 5.41) is 4.48. The van der Waals surface area contributed by atoms with Crippen LogP contribution in [0.4, 0.5) is 14.9 Å². The van der Waals surface area contributed by atoms with Gasteiger partial charge in [-0.25, -0.2) is 9.18 Å². The highest BCUT2D eigenvalue weighted by Gasteiger charge is 2.18. The Kier molecular flexibility index (Phi) is 5.13. The zero-order valence-electron chi connectivity index (χ0n) is 10.5. The minimum Gasteiger partial charge on any atom is -0.307 e. The van der Waals surface area contributed by atoms with Gasteiger partial charge in [-0.05, 0) is 46.9 Å². The average Bonchev–Trinajstić information content (AvgIpc) is 2.41. The van der Waals surface area contributed by atoms with E-state index in [1.165, 1.54) is 12.1 Å². The van der Waals surface area contributed by atoms with Crippen molar-refractivity contribution >= 4 is 51.8 Å². The summed E-state index contributed by atoms with van der Waals surface area (Å²) in [5.41, 5.74) is 0.181. The van der Waals surface area contributed by atoms with Gasteiger partial charge in [-0.3, -0.25) is 10.1 Å². The maximum absolute atomic E-state index is 13.6. The molecule has 0 heterocycles. The first-order chi connectivity index (χ1) is 9.99. The summed E-state index contributed by atoms with van der Waals surface area (Å²) in [5.74, 6) is -1.69. The van der Waals surface area contributed by atoms with Crippen LogP contribution in [0.3, 0.4) is 0 Å². The molecule has 0 saturated carbocycles. The van der Waals surface area contributed by atoms with Crippen LogP contribution in [0.25, 0.3) is 0 Å². The third kappa shape index (κ3) is 3.92. The number of amides is 3. The minimum atomic E-state index is -0.901. The fraction of sp³-hybridized carbons (Fsp3) is 0. The number of hydrogen-bond donors (Lipinski definition) is 2. The lowest BCUT2D eigenvalue weighted by Gasteiger charge is -2.09. The Morgan fingerprint density at radius 3 is 2.48 bits per heavy atom. The van der Waals surface area contributed by atoms with E-state index in [4.69, 9.17) is 11.6 Å². The highest BCUT2D eigenvalue weighted by atomic mass is 127. The molecule has 2 rings (SSSR count). The first-order valence-electron chi connectivity index (χ1n) is 5.80. The Hall–Kier alpha value is -1.67. The number of halogens is 3. The summed E-state index contributed by atoms with van der Waals surface area (Å²) < 4.78 is 14.4. The van der Waals surface area contributed by atoms with Gasteiger partial charge in [0.25, 0.3) is 5.91 Å². The molecule has 0 fully saturated rings. The number of anilines is 1. The van der Waals surface area contributed by atoms with Crippen LogP contribution in [0.2, 0.25) is 5.02 Å². The molecular formula is C14H9ClFIN2O2. The van der Waals surface area contributed by atoms with Crippen LogP contribution in [0.5, 0.6) is 0 Å². The van der Waals surface area contributed by atoms with Gasteiger partial charge in [-0.1, -0.05) is 29.8 Å². The fourth-order valence-corrected chi connectivity index (χ4v) is 2.37. The third-order valence-corrected chi connectivity index (χ3v) is 3.79. The molecule has 2 aromatic carbocycles. The molecule has 108 valence electrons. The second-order valence-electron chi connectivity index (χ2n) is 3.98. The first kappa shape index (κ1) is 15.7. The van der Waals surface area contributed by atoms with E-state index in [1.807, 2.05) is 34.0 Å². The lowest BCUT2D eigenvalue weighted by Crippen LogP contribution is -2.35. The van der Waals surface area contributed by atoms with Crippen LogP contribution in [0.1, 0.15) is 10.4 Å². The lowest BCUT2D eigenvalue weighted by molar-refractivity contribution is 0.0963. The number of rotatable bonds is 2. The van der Waals surface area contributed by atoms with Crippen molar-refractivity contribution in [3.8, 4) is 0 Å². The highest BCUT2D eigenvalue weighted by molar-refractivity contribution is 14.1. The number of urea groups is 1. The van der Waals surface area contributed by atoms with E-state index >= 15 is 0 Å². The van der Waals surface area contributed by atoms with Crippen LogP contribution >= 0.6 is 34.2 Å². The Morgan fingerprint density at radius 2 is 1.81 bits per heavy atom. The number of benzene rings is 2. The largest absolute Gasteiger partial charge is 0.326 e. The Labute approximate surface area is 138 Å². The van der Waals surface area contributed by atoms with Crippen molar-refractivity contribution in [1.82, 2.24) is 5.32 Å². The quantitative estimate of drug-likeness (QED) is 0.723. The second-order valence-corrected chi connectivity index (χ2v) is 5.55. The molecule has 0 aliphatic rings. The van der Waals surface area contributed by atoms with E-state index in [1.54, 1.807) is 18.2 Å². The van der Waals surface area contributed by atoms with E-state index in [0.717, 1.165) is 9.64 Å².